The highest BCUT2D eigenvalue weighted by Gasteiger charge is 2.22. The molecule has 0 radical (unpaired) electrons. The summed E-state index contributed by atoms with van der Waals surface area (Å²) < 4.78 is 0. The smallest absolute Gasteiger partial charge is 0.323 e. The largest absolute Gasteiger partial charge is 0.480 e. The quantitative estimate of drug-likeness (QED) is 0.406. The number of fused-ring (bicyclic) bond motifs is 1. The molecule has 0 aromatic carbocycles. The first kappa shape index (κ1) is 20.0. The molecular weight excluding hydrogens is 424 g/mol. The highest BCUT2D eigenvalue weighted by Crippen LogP contribution is 2.27. The van der Waals surface area contributed by atoms with Crippen LogP contribution in [-0.2, 0) is 17.6 Å². The lowest BCUT2D eigenvalue weighted by Crippen LogP contribution is -2.34. The van der Waals surface area contributed by atoms with Gasteiger partial charge in [0.05, 0.1) is 15.3 Å². The Morgan fingerprint density at radius 3 is 2.80 bits per heavy atom. The molecule has 0 bridgehead atoms. The van der Waals surface area contributed by atoms with E-state index in [-0.39, 0.29) is 11.5 Å². The van der Waals surface area contributed by atoms with Crippen molar-refractivity contribution in [2.24, 2.45) is 0 Å². The standard InChI is InChI=1S/C20H18N4O4S2/c1-11-22-18-17(19(27)23-11)12(9-21-18)4-5-13-6-7-14(30-13)20(28)24(10-16(25)26)15-3-2-8-29-15/h2-3,6-9H,4-5,10H2,1H3,(H,25,26)(H2,21,22,23,27). The molecule has 3 N–H and O–H groups in total. The van der Waals surface area contributed by atoms with Gasteiger partial charge in [0, 0.05) is 11.1 Å². The summed E-state index contributed by atoms with van der Waals surface area (Å²) in [4.78, 5) is 49.1. The predicted molar refractivity (Wildman–Crippen MR) is 117 cm³/mol. The van der Waals surface area contributed by atoms with Crippen LogP contribution in [0.15, 0.2) is 40.6 Å². The lowest BCUT2D eigenvalue weighted by molar-refractivity contribution is -0.135. The molecule has 1 amide bonds. The third-order valence-electron chi connectivity index (χ3n) is 4.57. The van der Waals surface area contributed by atoms with Crippen LogP contribution in [0.5, 0.6) is 0 Å². The number of aromatic nitrogens is 3. The van der Waals surface area contributed by atoms with Gasteiger partial charge in [-0.15, -0.1) is 22.7 Å². The van der Waals surface area contributed by atoms with Gasteiger partial charge in [0.2, 0.25) is 0 Å². The average molecular weight is 443 g/mol. The molecule has 0 saturated heterocycles. The maximum absolute atomic E-state index is 12.9. The minimum Gasteiger partial charge on any atom is -0.480 e. The number of aromatic amines is 2. The SMILES string of the molecule is Cc1nc2[nH]cc(CCc3ccc(C(=O)N(CC(=O)O)c4cccs4)s3)c2c(=O)[nH]1. The second kappa shape index (κ2) is 8.25. The van der Waals surface area contributed by atoms with E-state index in [0.717, 1.165) is 10.4 Å². The number of nitrogens with one attached hydrogen (secondary N) is 2. The fourth-order valence-electron chi connectivity index (χ4n) is 3.24. The van der Waals surface area contributed by atoms with Crippen LogP contribution in [0.25, 0.3) is 11.0 Å². The van der Waals surface area contributed by atoms with Crippen molar-refractivity contribution in [2.45, 2.75) is 19.8 Å². The Balaban J connectivity index is 1.51. The Morgan fingerprint density at radius 1 is 1.23 bits per heavy atom. The molecule has 30 heavy (non-hydrogen) atoms. The van der Waals surface area contributed by atoms with Crippen LogP contribution < -0.4 is 10.5 Å². The Morgan fingerprint density at radius 2 is 2.07 bits per heavy atom. The molecule has 0 spiro atoms. The molecule has 154 valence electrons. The molecule has 4 rings (SSSR count). The van der Waals surface area contributed by atoms with Gasteiger partial charge in [-0.05, 0) is 55.0 Å². The van der Waals surface area contributed by atoms with Crippen LogP contribution in [-0.4, -0.2) is 38.5 Å². The number of thiophene rings is 2. The normalized spacial score (nSPS) is 11.1. The second-order valence-corrected chi connectivity index (χ2v) is 8.79. The Kier molecular flexibility index (Phi) is 5.51. The summed E-state index contributed by atoms with van der Waals surface area (Å²) >= 11 is 2.66. The number of carboxylic acid groups (broad SMARTS) is 1. The number of H-pyrrole nitrogens is 2. The van der Waals surface area contributed by atoms with Gasteiger partial charge in [0.15, 0.2) is 0 Å². The molecule has 0 fully saturated rings. The topological polar surface area (TPSA) is 119 Å². The van der Waals surface area contributed by atoms with Crippen LogP contribution in [0.3, 0.4) is 0 Å². The fourth-order valence-corrected chi connectivity index (χ4v) is 4.92. The summed E-state index contributed by atoms with van der Waals surface area (Å²) in [5, 5.41) is 12.1. The lowest BCUT2D eigenvalue weighted by atomic mass is 10.1. The number of nitrogens with zero attached hydrogens (tertiary/aromatic N) is 2. The summed E-state index contributed by atoms with van der Waals surface area (Å²) in [5.74, 6) is -0.847. The zero-order chi connectivity index (χ0) is 21.3. The number of carboxylic acids is 1. The molecule has 10 heteroatoms. The maximum atomic E-state index is 12.9. The summed E-state index contributed by atoms with van der Waals surface area (Å²) in [6, 6.07) is 7.09. The Labute approximate surface area is 178 Å². The number of hydrogen-bond donors (Lipinski definition) is 3. The molecule has 8 nitrogen and oxygen atoms in total. The van der Waals surface area contributed by atoms with E-state index >= 15 is 0 Å². The Bertz CT molecular complexity index is 1270. The molecule has 0 atom stereocenters. The number of aliphatic carboxylic acids is 1. The molecule has 4 heterocycles. The highest BCUT2D eigenvalue weighted by atomic mass is 32.1. The lowest BCUT2D eigenvalue weighted by Gasteiger charge is -2.17. The van der Waals surface area contributed by atoms with E-state index in [1.165, 1.54) is 27.6 Å². The van der Waals surface area contributed by atoms with Crippen molar-refractivity contribution >= 4 is 50.6 Å². The van der Waals surface area contributed by atoms with Gasteiger partial charge in [0.1, 0.15) is 18.0 Å². The first-order chi connectivity index (χ1) is 14.4. The zero-order valence-electron chi connectivity index (χ0n) is 16.0. The van der Waals surface area contributed by atoms with Gasteiger partial charge < -0.3 is 15.1 Å². The van der Waals surface area contributed by atoms with Gasteiger partial charge in [0.25, 0.3) is 11.5 Å². The van der Waals surface area contributed by atoms with Crippen molar-refractivity contribution in [2.75, 3.05) is 11.4 Å². The molecule has 0 saturated carbocycles. The number of carbonyl (C=O) groups excluding carboxylic acids is 1. The van der Waals surface area contributed by atoms with Crippen LogP contribution in [0.2, 0.25) is 0 Å². The van der Waals surface area contributed by atoms with E-state index in [9.17, 15) is 19.5 Å². The summed E-state index contributed by atoms with van der Waals surface area (Å²) in [6.45, 7) is 1.34. The van der Waals surface area contributed by atoms with E-state index in [2.05, 4.69) is 15.0 Å². The number of amides is 1. The number of hydrogen-bond acceptors (Lipinski definition) is 6. The number of rotatable bonds is 7. The van der Waals surface area contributed by atoms with E-state index in [1.54, 1.807) is 36.7 Å². The van der Waals surface area contributed by atoms with Crippen LogP contribution >= 0.6 is 22.7 Å². The van der Waals surface area contributed by atoms with Crippen molar-refractivity contribution in [3.8, 4) is 0 Å². The molecule has 4 aromatic rings. The summed E-state index contributed by atoms with van der Waals surface area (Å²) in [6.07, 6.45) is 3.05. The van der Waals surface area contributed by atoms with Gasteiger partial charge in [-0.3, -0.25) is 19.3 Å². The number of aryl methyl sites for hydroxylation is 3. The minimum absolute atomic E-state index is 0.170. The minimum atomic E-state index is -1.07. The first-order valence-corrected chi connectivity index (χ1v) is 10.8. The molecule has 0 aliphatic heterocycles. The third-order valence-corrected chi connectivity index (χ3v) is 6.59. The summed E-state index contributed by atoms with van der Waals surface area (Å²) in [7, 11) is 0. The average Bonchev–Trinajstić information content (AvgIpc) is 3.44. The fraction of sp³-hybridized carbons (Fsp3) is 0.200. The highest BCUT2D eigenvalue weighted by molar-refractivity contribution is 7.15. The molecule has 0 unspecified atom stereocenters. The van der Waals surface area contributed by atoms with Crippen LogP contribution in [0, 0.1) is 6.92 Å². The van der Waals surface area contributed by atoms with Crippen molar-refractivity contribution in [1.82, 2.24) is 15.0 Å². The van der Waals surface area contributed by atoms with Gasteiger partial charge >= 0.3 is 5.97 Å². The Hall–Kier alpha value is -3.24. The zero-order valence-corrected chi connectivity index (χ0v) is 17.6. The van der Waals surface area contributed by atoms with E-state index in [1.807, 2.05) is 6.07 Å². The van der Waals surface area contributed by atoms with E-state index < -0.39 is 12.5 Å². The number of anilines is 1. The van der Waals surface area contributed by atoms with Gasteiger partial charge in [-0.1, -0.05) is 0 Å². The van der Waals surface area contributed by atoms with Gasteiger partial charge in [-0.25, -0.2) is 4.98 Å². The van der Waals surface area contributed by atoms with Crippen LogP contribution in [0.1, 0.15) is 25.9 Å². The monoisotopic (exact) mass is 442 g/mol. The van der Waals surface area contributed by atoms with Crippen molar-refractivity contribution in [3.63, 3.8) is 0 Å². The number of carbonyl (C=O) groups is 2. The van der Waals surface area contributed by atoms with Crippen molar-refractivity contribution in [3.05, 3.63) is 67.3 Å². The van der Waals surface area contributed by atoms with Crippen LogP contribution in [0.4, 0.5) is 5.00 Å². The predicted octanol–water partition coefficient (Wildman–Crippen LogP) is 3.20. The molecule has 0 aliphatic rings. The third kappa shape index (κ3) is 4.05. The molecular formula is C20H18N4O4S2. The first-order valence-electron chi connectivity index (χ1n) is 9.15. The molecule has 4 aromatic heterocycles. The van der Waals surface area contributed by atoms with Crippen molar-refractivity contribution < 1.29 is 14.7 Å². The van der Waals surface area contributed by atoms with E-state index in [0.29, 0.717) is 39.6 Å². The maximum Gasteiger partial charge on any atom is 0.323 e. The molecule has 0 aliphatic carbocycles. The van der Waals surface area contributed by atoms with Gasteiger partial charge in [-0.2, -0.15) is 0 Å². The second-order valence-electron chi connectivity index (χ2n) is 6.69. The summed E-state index contributed by atoms with van der Waals surface area (Å²) in [5.41, 5.74) is 1.26. The van der Waals surface area contributed by atoms with E-state index in [4.69, 9.17) is 0 Å². The van der Waals surface area contributed by atoms with Crippen molar-refractivity contribution in [1.29, 1.82) is 0 Å².